The molecule has 2 aliphatic rings. The maximum Gasteiger partial charge on any atom is 0.247 e. The van der Waals surface area contributed by atoms with Gasteiger partial charge in [0.15, 0.2) is 11.6 Å². The summed E-state index contributed by atoms with van der Waals surface area (Å²) in [5, 5.41) is -0.293. The van der Waals surface area contributed by atoms with Crippen LogP contribution in [-0.4, -0.2) is 49.8 Å². The zero-order chi connectivity index (χ0) is 15.2. The molecule has 0 atom stereocenters. The van der Waals surface area contributed by atoms with Crippen molar-refractivity contribution < 1.29 is 17.2 Å². The topological polar surface area (TPSA) is 40.6 Å². The Kier molecular flexibility index (Phi) is 3.94. The van der Waals surface area contributed by atoms with Crippen LogP contribution >= 0.6 is 11.6 Å². The van der Waals surface area contributed by atoms with E-state index in [0.717, 1.165) is 42.4 Å². The lowest BCUT2D eigenvalue weighted by Gasteiger charge is -2.43. The molecule has 4 nitrogen and oxygen atoms in total. The minimum absolute atomic E-state index is 0.165. The molecule has 3 rings (SSSR count). The number of benzene rings is 1. The molecular weight excluding hydrogens is 322 g/mol. The molecule has 0 aromatic heterocycles. The van der Waals surface area contributed by atoms with Crippen molar-refractivity contribution in [1.82, 2.24) is 9.21 Å². The van der Waals surface area contributed by atoms with Gasteiger partial charge in [0.25, 0.3) is 0 Å². The fourth-order valence-corrected chi connectivity index (χ4v) is 4.90. The number of rotatable bonds is 3. The number of likely N-dealkylation sites (tertiary alicyclic amines) is 1. The number of halogens is 3. The maximum atomic E-state index is 13.8. The van der Waals surface area contributed by atoms with E-state index in [-0.39, 0.29) is 11.1 Å². The van der Waals surface area contributed by atoms with Crippen LogP contribution in [0, 0.1) is 11.6 Å². The van der Waals surface area contributed by atoms with Gasteiger partial charge in [-0.3, -0.25) is 4.90 Å². The Balaban J connectivity index is 1.81. The highest BCUT2D eigenvalue weighted by Crippen LogP contribution is 2.32. The van der Waals surface area contributed by atoms with Gasteiger partial charge >= 0.3 is 0 Å². The summed E-state index contributed by atoms with van der Waals surface area (Å²) in [6, 6.07) is 2.04. The molecule has 0 unspecified atom stereocenters. The van der Waals surface area contributed by atoms with E-state index in [1.165, 1.54) is 0 Å². The summed E-state index contributed by atoms with van der Waals surface area (Å²) in [5.41, 5.74) is 0. The first-order chi connectivity index (χ1) is 9.91. The zero-order valence-electron chi connectivity index (χ0n) is 11.2. The molecule has 0 bridgehead atoms. The fourth-order valence-electron chi connectivity index (χ4n) is 2.82. The largest absolute Gasteiger partial charge is 0.298 e. The summed E-state index contributed by atoms with van der Waals surface area (Å²) in [4.78, 5) is 1.47. The standard InChI is InChI=1S/C13H15ClF2N2O2S/c14-10-3-4-11(15)12(16)13(10)21(19,20)18-7-9(8-18)17-5-1-2-6-17/h3-4,9H,1-2,5-8H2. The smallest absolute Gasteiger partial charge is 0.247 e. The van der Waals surface area contributed by atoms with Crippen LogP contribution < -0.4 is 0 Å². The average Bonchev–Trinajstić information content (AvgIpc) is 2.85. The maximum absolute atomic E-state index is 13.8. The molecule has 0 saturated carbocycles. The van der Waals surface area contributed by atoms with Crippen LogP contribution in [0.2, 0.25) is 5.02 Å². The third kappa shape index (κ3) is 2.56. The lowest BCUT2D eigenvalue weighted by molar-refractivity contribution is 0.110. The van der Waals surface area contributed by atoms with Crippen molar-refractivity contribution in [2.24, 2.45) is 0 Å². The van der Waals surface area contributed by atoms with Crippen molar-refractivity contribution >= 4 is 21.6 Å². The predicted octanol–water partition coefficient (Wildman–Crippen LogP) is 2.09. The number of hydrogen-bond donors (Lipinski definition) is 0. The van der Waals surface area contributed by atoms with E-state index in [0.29, 0.717) is 13.1 Å². The lowest BCUT2D eigenvalue weighted by Crippen LogP contribution is -2.60. The van der Waals surface area contributed by atoms with E-state index in [1.807, 2.05) is 0 Å². The molecular formula is C13H15ClF2N2O2S. The fraction of sp³-hybridized carbons (Fsp3) is 0.538. The first kappa shape index (κ1) is 15.1. The summed E-state index contributed by atoms with van der Waals surface area (Å²) < 4.78 is 53.0. The minimum atomic E-state index is -4.09. The van der Waals surface area contributed by atoms with E-state index in [1.54, 1.807) is 0 Å². The Morgan fingerprint density at radius 2 is 1.76 bits per heavy atom. The quantitative estimate of drug-likeness (QED) is 0.794. The Hall–Kier alpha value is -0.760. The monoisotopic (exact) mass is 336 g/mol. The van der Waals surface area contributed by atoms with Gasteiger partial charge < -0.3 is 0 Å². The first-order valence-corrected chi connectivity index (χ1v) is 8.61. The highest BCUT2D eigenvalue weighted by atomic mass is 35.5. The molecule has 0 N–H and O–H groups in total. The second kappa shape index (κ2) is 5.46. The Morgan fingerprint density at radius 3 is 2.38 bits per heavy atom. The van der Waals surface area contributed by atoms with Gasteiger partial charge in [-0.25, -0.2) is 17.2 Å². The molecule has 2 heterocycles. The van der Waals surface area contributed by atoms with E-state index in [2.05, 4.69) is 4.90 Å². The molecule has 2 aliphatic heterocycles. The van der Waals surface area contributed by atoms with Crippen LogP contribution in [0.4, 0.5) is 8.78 Å². The van der Waals surface area contributed by atoms with Gasteiger partial charge in [-0.2, -0.15) is 4.31 Å². The van der Waals surface area contributed by atoms with Gasteiger partial charge in [0.1, 0.15) is 4.90 Å². The van der Waals surface area contributed by atoms with Crippen LogP contribution in [0.25, 0.3) is 0 Å². The highest BCUT2D eigenvalue weighted by Gasteiger charge is 2.42. The molecule has 2 saturated heterocycles. The van der Waals surface area contributed by atoms with Gasteiger partial charge in [0.2, 0.25) is 10.0 Å². The molecule has 0 aliphatic carbocycles. The van der Waals surface area contributed by atoms with Crippen molar-refractivity contribution in [2.45, 2.75) is 23.8 Å². The number of nitrogens with zero attached hydrogens (tertiary/aromatic N) is 2. The molecule has 1 aromatic carbocycles. The van der Waals surface area contributed by atoms with Crippen LogP contribution in [-0.2, 0) is 10.0 Å². The van der Waals surface area contributed by atoms with Gasteiger partial charge in [-0.05, 0) is 38.1 Å². The van der Waals surface area contributed by atoms with Gasteiger partial charge in [0, 0.05) is 19.1 Å². The van der Waals surface area contributed by atoms with E-state index in [9.17, 15) is 17.2 Å². The SMILES string of the molecule is O=S(=O)(c1c(Cl)ccc(F)c1F)N1CC(N2CCCC2)C1. The van der Waals surface area contributed by atoms with Gasteiger partial charge in [-0.1, -0.05) is 11.6 Å². The second-order valence-corrected chi connectivity index (χ2v) is 7.67. The molecule has 116 valence electrons. The summed E-state index contributed by atoms with van der Waals surface area (Å²) in [7, 11) is -4.09. The molecule has 0 radical (unpaired) electrons. The summed E-state index contributed by atoms with van der Waals surface area (Å²) in [6.45, 7) is 2.53. The zero-order valence-corrected chi connectivity index (χ0v) is 12.8. The normalized spacial score (nSPS) is 21.7. The van der Waals surface area contributed by atoms with Crippen LogP contribution in [0.15, 0.2) is 17.0 Å². The van der Waals surface area contributed by atoms with E-state index < -0.39 is 26.6 Å². The summed E-state index contributed by atoms with van der Waals surface area (Å²) >= 11 is 5.75. The molecule has 1 aromatic rings. The Labute approximate surface area is 127 Å². The lowest BCUT2D eigenvalue weighted by atomic mass is 10.1. The number of hydrogen-bond acceptors (Lipinski definition) is 3. The van der Waals surface area contributed by atoms with Gasteiger partial charge in [0.05, 0.1) is 5.02 Å². The van der Waals surface area contributed by atoms with Crippen LogP contribution in [0.1, 0.15) is 12.8 Å². The third-order valence-corrected chi connectivity index (χ3v) is 6.41. The van der Waals surface area contributed by atoms with Crippen molar-refractivity contribution in [1.29, 1.82) is 0 Å². The van der Waals surface area contributed by atoms with Crippen molar-refractivity contribution in [3.8, 4) is 0 Å². The number of sulfonamides is 1. The average molecular weight is 337 g/mol. The molecule has 0 amide bonds. The second-order valence-electron chi connectivity index (χ2n) is 5.39. The first-order valence-electron chi connectivity index (χ1n) is 6.79. The third-order valence-electron chi connectivity index (χ3n) is 4.09. The molecule has 8 heteroatoms. The minimum Gasteiger partial charge on any atom is -0.298 e. The molecule has 21 heavy (non-hydrogen) atoms. The molecule has 0 spiro atoms. The van der Waals surface area contributed by atoms with Crippen LogP contribution in [0.5, 0.6) is 0 Å². The van der Waals surface area contributed by atoms with Crippen molar-refractivity contribution in [3.63, 3.8) is 0 Å². The van der Waals surface area contributed by atoms with Crippen molar-refractivity contribution in [2.75, 3.05) is 26.2 Å². The van der Waals surface area contributed by atoms with E-state index >= 15 is 0 Å². The predicted molar refractivity (Wildman–Crippen MR) is 74.7 cm³/mol. The van der Waals surface area contributed by atoms with Gasteiger partial charge in [-0.15, -0.1) is 0 Å². The van der Waals surface area contributed by atoms with Crippen molar-refractivity contribution in [3.05, 3.63) is 28.8 Å². The van der Waals surface area contributed by atoms with Crippen LogP contribution in [0.3, 0.4) is 0 Å². The Bertz CT molecular complexity index is 656. The Morgan fingerprint density at radius 1 is 1.14 bits per heavy atom. The highest BCUT2D eigenvalue weighted by molar-refractivity contribution is 7.89. The summed E-state index contributed by atoms with van der Waals surface area (Å²) in [5.74, 6) is -2.62. The van der Waals surface area contributed by atoms with E-state index in [4.69, 9.17) is 11.6 Å². The summed E-state index contributed by atoms with van der Waals surface area (Å²) in [6.07, 6.45) is 2.24. The molecule has 2 fully saturated rings.